The Morgan fingerprint density at radius 1 is 1.05 bits per heavy atom. The molecule has 0 atom stereocenters. The molecule has 9 nitrogen and oxygen atoms in total. The number of ether oxygens (including phenoxy) is 2. The molecule has 2 aromatic carbocycles. The van der Waals surface area contributed by atoms with Crippen LogP contribution in [0.4, 0.5) is 0 Å². The van der Waals surface area contributed by atoms with E-state index in [0.29, 0.717) is 49.7 Å². The third-order valence-electron chi connectivity index (χ3n) is 6.66. The molecule has 1 heterocycles. The van der Waals surface area contributed by atoms with Crippen molar-refractivity contribution in [3.63, 3.8) is 0 Å². The van der Waals surface area contributed by atoms with Gasteiger partial charge in [-0.2, -0.15) is 4.31 Å². The van der Waals surface area contributed by atoms with E-state index in [1.165, 1.54) is 11.4 Å². The number of methoxy groups -OCH3 is 1. The van der Waals surface area contributed by atoms with E-state index < -0.39 is 10.0 Å². The first-order valence-electron chi connectivity index (χ1n) is 13.2. The van der Waals surface area contributed by atoms with Crippen LogP contribution in [0.25, 0.3) is 0 Å². The maximum atomic E-state index is 13.7. The van der Waals surface area contributed by atoms with Crippen LogP contribution in [0.2, 0.25) is 5.02 Å². The largest absolute Gasteiger partial charge is 0.484 e. The average molecular weight is 580 g/mol. The Kier molecular flexibility index (Phi) is 12.0. The van der Waals surface area contributed by atoms with Gasteiger partial charge in [0.05, 0.1) is 18.9 Å². The highest BCUT2D eigenvalue weighted by Gasteiger charge is 2.32. The standard InChI is InChI=1S/C28H38ClN3O6S/c1-3-19-39(35,36)31(17-18-37-2)21-27(33)32(20-23-9-11-24(29)12-10-23)25-13-15-30(16-14-25)28(34)22-38-26-7-5-4-6-8-26/h4-12,25H,3,13-22H2,1-2H3. The minimum absolute atomic E-state index is 0.0350. The molecular weight excluding hydrogens is 542 g/mol. The molecule has 1 saturated heterocycles. The Morgan fingerprint density at radius 3 is 2.33 bits per heavy atom. The van der Waals surface area contributed by atoms with Gasteiger partial charge in [0.2, 0.25) is 15.9 Å². The quantitative estimate of drug-likeness (QED) is 0.340. The van der Waals surface area contributed by atoms with Gasteiger partial charge in [-0.1, -0.05) is 48.9 Å². The van der Waals surface area contributed by atoms with Gasteiger partial charge in [0.1, 0.15) is 5.75 Å². The van der Waals surface area contributed by atoms with Crippen molar-refractivity contribution in [1.29, 1.82) is 0 Å². The normalized spacial score (nSPS) is 14.4. The molecule has 0 spiro atoms. The Hall–Kier alpha value is -2.66. The number of likely N-dealkylation sites (tertiary alicyclic amines) is 1. The number of para-hydroxylation sites is 1. The van der Waals surface area contributed by atoms with E-state index >= 15 is 0 Å². The van der Waals surface area contributed by atoms with E-state index in [2.05, 4.69) is 0 Å². The van der Waals surface area contributed by atoms with E-state index in [-0.39, 0.29) is 49.9 Å². The van der Waals surface area contributed by atoms with Crippen molar-refractivity contribution in [3.05, 3.63) is 65.2 Å². The lowest BCUT2D eigenvalue weighted by Crippen LogP contribution is -2.52. The molecule has 0 bridgehead atoms. The smallest absolute Gasteiger partial charge is 0.260 e. The SMILES string of the molecule is CCCS(=O)(=O)N(CCOC)CC(=O)N(Cc1ccc(Cl)cc1)C1CCN(C(=O)COc2ccccc2)CC1. The summed E-state index contributed by atoms with van der Waals surface area (Å²) in [5.74, 6) is 0.214. The maximum Gasteiger partial charge on any atom is 0.260 e. The monoisotopic (exact) mass is 579 g/mol. The van der Waals surface area contributed by atoms with Crippen LogP contribution in [0.15, 0.2) is 54.6 Å². The Balaban J connectivity index is 1.69. The second kappa shape index (κ2) is 15.2. The summed E-state index contributed by atoms with van der Waals surface area (Å²) >= 11 is 6.05. The molecule has 1 fully saturated rings. The summed E-state index contributed by atoms with van der Waals surface area (Å²) in [4.78, 5) is 29.9. The second-order valence-electron chi connectivity index (χ2n) is 9.50. The predicted octanol–water partition coefficient (Wildman–Crippen LogP) is 3.43. The molecule has 214 valence electrons. The number of carbonyl (C=O) groups is 2. The van der Waals surface area contributed by atoms with E-state index in [9.17, 15) is 18.0 Å². The highest BCUT2D eigenvalue weighted by atomic mass is 35.5. The highest BCUT2D eigenvalue weighted by Crippen LogP contribution is 2.22. The van der Waals surface area contributed by atoms with E-state index in [1.807, 2.05) is 30.3 Å². The molecule has 0 saturated carbocycles. The molecule has 0 aromatic heterocycles. The van der Waals surface area contributed by atoms with Crippen LogP contribution in [-0.2, 0) is 30.9 Å². The highest BCUT2D eigenvalue weighted by molar-refractivity contribution is 7.89. The van der Waals surface area contributed by atoms with Gasteiger partial charge in [0.25, 0.3) is 5.91 Å². The topological polar surface area (TPSA) is 96.5 Å². The van der Waals surface area contributed by atoms with Crippen molar-refractivity contribution in [2.24, 2.45) is 0 Å². The van der Waals surface area contributed by atoms with Crippen LogP contribution in [0.5, 0.6) is 5.75 Å². The predicted molar refractivity (Wildman–Crippen MR) is 151 cm³/mol. The van der Waals surface area contributed by atoms with E-state index in [0.717, 1.165) is 5.56 Å². The summed E-state index contributed by atoms with van der Waals surface area (Å²) in [7, 11) is -2.11. The minimum atomic E-state index is -3.61. The average Bonchev–Trinajstić information content (AvgIpc) is 2.94. The maximum absolute atomic E-state index is 13.7. The fraction of sp³-hybridized carbons (Fsp3) is 0.500. The Labute approximate surface area is 236 Å². The zero-order chi connectivity index (χ0) is 28.3. The lowest BCUT2D eigenvalue weighted by atomic mass is 10.0. The number of benzene rings is 2. The van der Waals surface area contributed by atoms with Crippen LogP contribution in [-0.4, -0.2) is 92.6 Å². The number of piperidine rings is 1. The molecule has 2 aromatic rings. The summed E-state index contributed by atoms with van der Waals surface area (Å²) in [6, 6.07) is 16.3. The third-order valence-corrected chi connectivity index (χ3v) is 8.94. The van der Waals surface area contributed by atoms with E-state index in [4.69, 9.17) is 21.1 Å². The van der Waals surface area contributed by atoms with Crippen molar-refractivity contribution in [3.8, 4) is 5.75 Å². The molecule has 3 rings (SSSR count). The van der Waals surface area contributed by atoms with Gasteiger partial charge in [-0.15, -0.1) is 0 Å². The number of halogens is 1. The lowest BCUT2D eigenvalue weighted by Gasteiger charge is -2.39. The van der Waals surface area contributed by atoms with Crippen LogP contribution in [0.3, 0.4) is 0 Å². The molecular formula is C28H38ClN3O6S. The zero-order valence-corrected chi connectivity index (χ0v) is 24.2. The van der Waals surface area contributed by atoms with Gasteiger partial charge in [-0.05, 0) is 49.1 Å². The van der Waals surface area contributed by atoms with Crippen molar-refractivity contribution in [1.82, 2.24) is 14.1 Å². The number of nitrogens with zero attached hydrogens (tertiary/aromatic N) is 3. The first kappa shape index (κ1) is 30.9. The summed E-state index contributed by atoms with van der Waals surface area (Å²) in [6.07, 6.45) is 1.61. The molecule has 11 heteroatoms. The van der Waals surface area contributed by atoms with Gasteiger partial charge in [0.15, 0.2) is 6.61 Å². The first-order chi connectivity index (χ1) is 18.7. The molecule has 0 N–H and O–H groups in total. The van der Waals surface area contributed by atoms with Crippen LogP contribution in [0.1, 0.15) is 31.7 Å². The lowest BCUT2D eigenvalue weighted by molar-refractivity contribution is -0.138. The van der Waals surface area contributed by atoms with Gasteiger partial charge in [-0.3, -0.25) is 9.59 Å². The fourth-order valence-electron chi connectivity index (χ4n) is 4.53. The molecule has 2 amide bonds. The summed E-state index contributed by atoms with van der Waals surface area (Å²) in [5.41, 5.74) is 0.891. The number of hydrogen-bond donors (Lipinski definition) is 0. The molecule has 39 heavy (non-hydrogen) atoms. The molecule has 0 unspecified atom stereocenters. The second-order valence-corrected chi connectivity index (χ2v) is 12.0. The third kappa shape index (κ3) is 9.49. The van der Waals surface area contributed by atoms with Crippen molar-refractivity contribution in [2.45, 2.75) is 38.8 Å². The number of carbonyl (C=O) groups excluding carboxylic acids is 2. The summed E-state index contributed by atoms with van der Waals surface area (Å²) in [6.45, 7) is 3.06. The molecule has 1 aliphatic rings. The minimum Gasteiger partial charge on any atom is -0.484 e. The number of sulfonamides is 1. The zero-order valence-electron chi connectivity index (χ0n) is 22.6. The number of rotatable bonds is 14. The van der Waals surface area contributed by atoms with E-state index in [1.54, 1.807) is 41.0 Å². The van der Waals surface area contributed by atoms with Crippen molar-refractivity contribution >= 4 is 33.4 Å². The fourth-order valence-corrected chi connectivity index (χ4v) is 6.09. The van der Waals surface area contributed by atoms with Crippen LogP contribution >= 0.6 is 11.6 Å². The molecule has 0 radical (unpaired) electrons. The molecule has 0 aliphatic carbocycles. The summed E-state index contributed by atoms with van der Waals surface area (Å²) < 4.78 is 37.7. The number of amides is 2. The van der Waals surface area contributed by atoms with Crippen molar-refractivity contribution in [2.75, 3.05) is 52.3 Å². The van der Waals surface area contributed by atoms with Crippen LogP contribution < -0.4 is 4.74 Å². The van der Waals surface area contributed by atoms with Gasteiger partial charge >= 0.3 is 0 Å². The number of hydrogen-bond acceptors (Lipinski definition) is 6. The summed E-state index contributed by atoms with van der Waals surface area (Å²) in [5, 5.41) is 0.595. The Morgan fingerprint density at radius 2 is 1.72 bits per heavy atom. The van der Waals surface area contributed by atoms with Crippen LogP contribution in [0, 0.1) is 0 Å². The van der Waals surface area contributed by atoms with Gasteiger partial charge < -0.3 is 19.3 Å². The first-order valence-corrected chi connectivity index (χ1v) is 15.2. The Bertz CT molecular complexity index is 1160. The van der Waals surface area contributed by atoms with Gasteiger partial charge in [0, 0.05) is 44.4 Å². The van der Waals surface area contributed by atoms with Gasteiger partial charge in [-0.25, -0.2) is 8.42 Å². The molecule has 1 aliphatic heterocycles. The van der Waals surface area contributed by atoms with Crippen molar-refractivity contribution < 1.29 is 27.5 Å².